The summed E-state index contributed by atoms with van der Waals surface area (Å²) in [7, 11) is 0. The number of unbranched alkanes of at least 4 members (excludes halogenated alkanes) is 10. The fourth-order valence-corrected chi connectivity index (χ4v) is 4.02. The van der Waals surface area contributed by atoms with Gasteiger partial charge in [0.15, 0.2) is 6.10 Å². The number of carbonyl (C=O) groups excluding carboxylic acids is 2. The first kappa shape index (κ1) is 28.7. The van der Waals surface area contributed by atoms with E-state index in [2.05, 4.69) is 17.6 Å². The van der Waals surface area contributed by atoms with Crippen LogP contribution in [0.2, 0.25) is 5.02 Å². The van der Waals surface area contributed by atoms with E-state index in [1.54, 1.807) is 55.5 Å². The van der Waals surface area contributed by atoms with Crippen LogP contribution in [0.1, 0.15) is 90.9 Å². The third kappa shape index (κ3) is 12.1. The molecule has 2 rings (SSSR count). The Morgan fingerprint density at radius 3 is 1.86 bits per heavy atom. The highest BCUT2D eigenvalue weighted by atomic mass is 35.5. The number of nitrogens with one attached hydrogen (secondary N) is 2. The van der Waals surface area contributed by atoms with Crippen LogP contribution < -0.4 is 15.4 Å². The van der Waals surface area contributed by atoms with Crippen molar-refractivity contribution in [3.8, 4) is 5.75 Å². The number of ether oxygens (including phenoxy) is 1. The summed E-state index contributed by atoms with van der Waals surface area (Å²) in [6.07, 6.45) is 13.7. The van der Waals surface area contributed by atoms with E-state index in [1.165, 1.54) is 57.8 Å². The van der Waals surface area contributed by atoms with Crippen molar-refractivity contribution in [1.29, 1.82) is 0 Å². The van der Waals surface area contributed by atoms with E-state index in [9.17, 15) is 9.59 Å². The summed E-state index contributed by atoms with van der Waals surface area (Å²) >= 11 is 6.08. The zero-order chi connectivity index (χ0) is 25.3. The molecule has 0 spiro atoms. The largest absolute Gasteiger partial charge is 0.479 e. The molecule has 5 nitrogen and oxygen atoms in total. The molecule has 0 saturated heterocycles. The maximum Gasteiger partial charge on any atom is 0.265 e. The van der Waals surface area contributed by atoms with Crippen LogP contribution in [0.15, 0.2) is 48.5 Å². The van der Waals surface area contributed by atoms with Crippen LogP contribution in [0.4, 0.5) is 11.4 Å². The molecule has 0 saturated carbocycles. The highest BCUT2D eigenvalue weighted by molar-refractivity contribution is 6.32. The fourth-order valence-electron chi connectivity index (χ4n) is 3.84. The minimum absolute atomic E-state index is 0.0273. The molecule has 192 valence electrons. The molecule has 2 amide bonds. The Morgan fingerprint density at radius 2 is 1.29 bits per heavy atom. The van der Waals surface area contributed by atoms with Crippen LogP contribution in [-0.2, 0) is 9.59 Å². The first-order chi connectivity index (χ1) is 17.0. The second-order valence-electron chi connectivity index (χ2n) is 9.09. The van der Waals surface area contributed by atoms with Gasteiger partial charge in [-0.05, 0) is 49.7 Å². The lowest BCUT2D eigenvalue weighted by atomic mass is 10.1. The van der Waals surface area contributed by atoms with Gasteiger partial charge in [0, 0.05) is 17.8 Å². The molecule has 0 radical (unpaired) electrons. The lowest BCUT2D eigenvalue weighted by Gasteiger charge is -2.15. The summed E-state index contributed by atoms with van der Waals surface area (Å²) in [6, 6.07) is 14.1. The molecule has 2 aromatic rings. The van der Waals surface area contributed by atoms with E-state index in [4.69, 9.17) is 16.3 Å². The number of rotatable bonds is 17. The van der Waals surface area contributed by atoms with Crippen LogP contribution in [0.25, 0.3) is 0 Å². The average molecular weight is 501 g/mol. The molecule has 0 bridgehead atoms. The molecule has 2 N–H and O–H groups in total. The fraction of sp³-hybridized carbons (Fsp3) is 0.517. The molecule has 2 aromatic carbocycles. The minimum Gasteiger partial charge on any atom is -0.479 e. The molecular formula is C29H41ClN2O3. The van der Waals surface area contributed by atoms with Crippen LogP contribution in [0.3, 0.4) is 0 Å². The number of hydrogen-bond acceptors (Lipinski definition) is 3. The molecule has 0 aliphatic carbocycles. The second kappa shape index (κ2) is 17.0. The second-order valence-corrected chi connectivity index (χ2v) is 9.50. The third-order valence-electron chi connectivity index (χ3n) is 5.95. The van der Waals surface area contributed by atoms with E-state index in [1.807, 2.05) is 0 Å². The molecular weight excluding hydrogens is 460 g/mol. The normalized spacial score (nSPS) is 11.6. The molecule has 6 heteroatoms. The van der Waals surface area contributed by atoms with Crippen molar-refractivity contribution in [2.75, 3.05) is 10.6 Å². The van der Waals surface area contributed by atoms with Crippen LogP contribution >= 0.6 is 11.6 Å². The van der Waals surface area contributed by atoms with Crippen molar-refractivity contribution < 1.29 is 14.3 Å². The molecule has 35 heavy (non-hydrogen) atoms. The Labute approximate surface area is 216 Å². The molecule has 0 fully saturated rings. The number of para-hydroxylation sites is 1. The molecule has 0 aliphatic rings. The maximum atomic E-state index is 12.4. The van der Waals surface area contributed by atoms with Gasteiger partial charge < -0.3 is 15.4 Å². The number of benzene rings is 2. The van der Waals surface area contributed by atoms with Crippen molar-refractivity contribution in [3.05, 3.63) is 53.6 Å². The number of carbonyl (C=O) groups is 2. The predicted molar refractivity (Wildman–Crippen MR) is 146 cm³/mol. The summed E-state index contributed by atoms with van der Waals surface area (Å²) in [4.78, 5) is 24.6. The van der Waals surface area contributed by atoms with Gasteiger partial charge in [-0.15, -0.1) is 0 Å². The zero-order valence-corrected chi connectivity index (χ0v) is 22.0. The van der Waals surface area contributed by atoms with E-state index in [0.29, 0.717) is 22.9 Å². The van der Waals surface area contributed by atoms with Crippen molar-refractivity contribution >= 4 is 34.8 Å². The lowest BCUT2D eigenvalue weighted by Crippen LogP contribution is -2.30. The standard InChI is InChI=1S/C29H41ClN2O3/c1-3-4-5-6-7-8-9-10-11-12-13-18-28(33)31-24-19-21-25(22-20-24)32-29(34)23(2)35-27-17-15-14-16-26(27)30/h14-17,19-23H,3-13,18H2,1-2H3,(H,31,33)(H,32,34). The van der Waals surface area contributed by atoms with Gasteiger partial charge in [0.1, 0.15) is 5.75 Å². The number of halogens is 1. The Morgan fingerprint density at radius 1 is 0.771 bits per heavy atom. The van der Waals surface area contributed by atoms with Crippen molar-refractivity contribution in [3.63, 3.8) is 0 Å². The van der Waals surface area contributed by atoms with Gasteiger partial charge in [0.2, 0.25) is 5.91 Å². The van der Waals surface area contributed by atoms with Gasteiger partial charge in [-0.1, -0.05) is 94.9 Å². The van der Waals surface area contributed by atoms with Crippen molar-refractivity contribution in [1.82, 2.24) is 0 Å². The Kier molecular flexibility index (Phi) is 13.9. The van der Waals surface area contributed by atoms with Gasteiger partial charge in [0.05, 0.1) is 5.02 Å². The summed E-state index contributed by atoms with van der Waals surface area (Å²) in [5, 5.41) is 6.20. The molecule has 1 atom stereocenters. The highest BCUT2D eigenvalue weighted by Crippen LogP contribution is 2.24. The Balaban J connectivity index is 1.59. The SMILES string of the molecule is CCCCCCCCCCCCCC(=O)Nc1ccc(NC(=O)C(C)Oc2ccccc2Cl)cc1. The topological polar surface area (TPSA) is 67.4 Å². The molecule has 0 aliphatic heterocycles. The van der Waals surface area contributed by atoms with Crippen LogP contribution in [0, 0.1) is 0 Å². The van der Waals surface area contributed by atoms with Gasteiger partial charge in [-0.3, -0.25) is 9.59 Å². The number of anilines is 2. The average Bonchev–Trinajstić information content (AvgIpc) is 2.85. The quantitative estimate of drug-likeness (QED) is 0.214. The van der Waals surface area contributed by atoms with Crippen molar-refractivity contribution in [2.24, 2.45) is 0 Å². The van der Waals surface area contributed by atoms with Gasteiger partial charge >= 0.3 is 0 Å². The third-order valence-corrected chi connectivity index (χ3v) is 6.27. The molecule has 0 heterocycles. The summed E-state index contributed by atoms with van der Waals surface area (Å²) in [5.41, 5.74) is 1.35. The van der Waals surface area contributed by atoms with E-state index < -0.39 is 6.10 Å². The van der Waals surface area contributed by atoms with E-state index >= 15 is 0 Å². The lowest BCUT2D eigenvalue weighted by molar-refractivity contribution is -0.122. The summed E-state index contributed by atoms with van der Waals surface area (Å²) in [6.45, 7) is 3.92. The number of hydrogen-bond donors (Lipinski definition) is 2. The monoisotopic (exact) mass is 500 g/mol. The molecule has 0 aromatic heterocycles. The van der Waals surface area contributed by atoms with Gasteiger partial charge in [-0.25, -0.2) is 0 Å². The minimum atomic E-state index is -0.708. The van der Waals surface area contributed by atoms with Gasteiger partial charge in [-0.2, -0.15) is 0 Å². The smallest absolute Gasteiger partial charge is 0.265 e. The summed E-state index contributed by atoms with van der Waals surface area (Å²) in [5.74, 6) is 0.213. The van der Waals surface area contributed by atoms with Crippen molar-refractivity contribution in [2.45, 2.75) is 97.0 Å². The number of amides is 2. The first-order valence-corrected chi connectivity index (χ1v) is 13.5. The highest BCUT2D eigenvalue weighted by Gasteiger charge is 2.16. The van der Waals surface area contributed by atoms with Gasteiger partial charge in [0.25, 0.3) is 5.91 Å². The predicted octanol–water partition coefficient (Wildman–Crippen LogP) is 8.39. The summed E-state index contributed by atoms with van der Waals surface area (Å²) < 4.78 is 5.65. The maximum absolute atomic E-state index is 12.4. The Hall–Kier alpha value is -2.53. The van der Waals surface area contributed by atoms with E-state index in [-0.39, 0.29) is 11.8 Å². The van der Waals surface area contributed by atoms with Crippen LogP contribution in [0.5, 0.6) is 5.75 Å². The van der Waals surface area contributed by atoms with Crippen LogP contribution in [-0.4, -0.2) is 17.9 Å². The Bertz CT molecular complexity index is 886. The van der Waals surface area contributed by atoms with E-state index in [0.717, 1.165) is 18.5 Å². The molecule has 1 unspecified atom stereocenters. The zero-order valence-electron chi connectivity index (χ0n) is 21.3. The first-order valence-electron chi connectivity index (χ1n) is 13.1.